The van der Waals surface area contributed by atoms with E-state index in [4.69, 9.17) is 19.7 Å². The minimum Gasteiger partial charge on any atom is -0.534 e. The molecule has 0 aromatic rings. The number of hydrogen-bond acceptors (Lipinski definition) is 5. The molecule has 1 amide bonds. The molecule has 0 aromatic carbocycles. The van der Waals surface area contributed by atoms with Gasteiger partial charge in [-0.1, -0.05) is 11.6 Å². The molecule has 0 saturated carbocycles. The molecule has 14 heavy (non-hydrogen) atoms. The second kappa shape index (κ2) is 7.54. The van der Waals surface area contributed by atoms with Crippen LogP contribution in [-0.2, 0) is 9.53 Å². The van der Waals surface area contributed by atoms with E-state index in [1.807, 2.05) is 0 Å². The number of amides is 1. The lowest BCUT2D eigenvalue weighted by Gasteiger charge is -2.25. The highest BCUT2D eigenvalue weighted by Gasteiger charge is 2.14. The number of halogens is 1. The van der Waals surface area contributed by atoms with E-state index >= 15 is 0 Å². The Morgan fingerprint density at radius 2 is 1.86 bits per heavy atom. The first-order valence-electron chi connectivity index (χ1n) is 3.90. The highest BCUT2D eigenvalue weighted by molar-refractivity contribution is 6.59. The summed E-state index contributed by atoms with van der Waals surface area (Å²) in [5.74, 6) is -0.205. The lowest BCUT2D eigenvalue weighted by Crippen LogP contribution is -2.42. The van der Waals surface area contributed by atoms with E-state index < -0.39 is 5.43 Å². The van der Waals surface area contributed by atoms with E-state index in [1.54, 1.807) is 4.90 Å². The van der Waals surface area contributed by atoms with Crippen molar-refractivity contribution in [2.24, 2.45) is 0 Å². The Balaban J connectivity index is 0.000000364. The summed E-state index contributed by atoms with van der Waals surface area (Å²) < 4.78 is 5.02. The Morgan fingerprint density at radius 1 is 1.43 bits per heavy atom. The molecule has 0 bridgehead atoms. The molecule has 0 aliphatic carbocycles. The topological polar surface area (TPSA) is 89.9 Å². The molecule has 1 aliphatic rings. The molecule has 0 unspecified atom stereocenters. The fourth-order valence-corrected chi connectivity index (χ4v) is 0.913. The van der Waals surface area contributed by atoms with Gasteiger partial charge in [0.1, 0.15) is 12.0 Å². The molecule has 1 fully saturated rings. The third-order valence-electron chi connectivity index (χ3n) is 1.50. The van der Waals surface area contributed by atoms with Crippen molar-refractivity contribution in [3.05, 3.63) is 0 Å². The standard InChI is InChI=1S/C6H11NO3.CHClO2/c8-5-6(9)7-1-3-10-4-2-7;2-1(3)4/h8H,1-5H2;(H,3,4)/p-1. The molecule has 7 heteroatoms. The number of aliphatic hydroxyl groups is 1. The second-order valence-electron chi connectivity index (χ2n) is 2.39. The third-order valence-corrected chi connectivity index (χ3v) is 1.50. The van der Waals surface area contributed by atoms with Gasteiger partial charge in [-0.25, -0.2) is 0 Å². The summed E-state index contributed by atoms with van der Waals surface area (Å²) >= 11 is 4.08. The van der Waals surface area contributed by atoms with E-state index in [0.717, 1.165) is 0 Å². The number of morpholine rings is 1. The molecule has 0 aromatic heterocycles. The fourth-order valence-electron chi connectivity index (χ4n) is 0.913. The van der Waals surface area contributed by atoms with Gasteiger partial charge in [-0.3, -0.25) is 4.79 Å². The largest absolute Gasteiger partial charge is 0.534 e. The van der Waals surface area contributed by atoms with Crippen LogP contribution in [0.25, 0.3) is 0 Å². The summed E-state index contributed by atoms with van der Waals surface area (Å²) in [5.41, 5.74) is -1.61. The van der Waals surface area contributed by atoms with Gasteiger partial charge in [0.2, 0.25) is 5.91 Å². The molecule has 1 aliphatic heterocycles. The van der Waals surface area contributed by atoms with Crippen molar-refractivity contribution in [3.8, 4) is 0 Å². The van der Waals surface area contributed by atoms with Gasteiger partial charge in [0.15, 0.2) is 0 Å². The average Bonchev–Trinajstić information content (AvgIpc) is 2.17. The maximum Gasteiger partial charge on any atom is 0.248 e. The van der Waals surface area contributed by atoms with Gasteiger partial charge in [0.25, 0.3) is 0 Å². The fraction of sp³-hybridized carbons (Fsp3) is 0.714. The number of ether oxygens (including phenoxy) is 1. The SMILES string of the molecule is O=C(CO)N1CCOCC1.O=C([O-])Cl. The van der Waals surface area contributed by atoms with Crippen molar-refractivity contribution >= 4 is 22.9 Å². The molecule has 0 radical (unpaired) electrons. The van der Waals surface area contributed by atoms with Crippen LogP contribution in [0.3, 0.4) is 0 Å². The highest BCUT2D eigenvalue weighted by atomic mass is 35.5. The van der Waals surface area contributed by atoms with Crippen molar-refractivity contribution in [3.63, 3.8) is 0 Å². The number of hydrogen-bond donors (Lipinski definition) is 1. The smallest absolute Gasteiger partial charge is 0.248 e. The Bertz CT molecular complexity index is 189. The Hall–Kier alpha value is -0.850. The highest BCUT2D eigenvalue weighted by Crippen LogP contribution is 1.95. The molecule has 1 N–H and O–H groups in total. The van der Waals surface area contributed by atoms with Gasteiger partial charge in [0.05, 0.1) is 13.2 Å². The third kappa shape index (κ3) is 6.64. The van der Waals surface area contributed by atoms with Crippen LogP contribution in [-0.4, -0.2) is 54.3 Å². The predicted molar refractivity (Wildman–Crippen MR) is 45.7 cm³/mol. The Labute approximate surface area is 86.0 Å². The van der Waals surface area contributed by atoms with E-state index in [9.17, 15) is 4.79 Å². The number of nitrogens with zero attached hydrogens (tertiary/aromatic N) is 1. The van der Waals surface area contributed by atoms with Gasteiger partial charge >= 0.3 is 0 Å². The van der Waals surface area contributed by atoms with Gasteiger partial charge in [0, 0.05) is 13.1 Å². The van der Waals surface area contributed by atoms with Crippen LogP contribution in [0, 0.1) is 0 Å². The van der Waals surface area contributed by atoms with Crippen molar-refractivity contribution in [1.82, 2.24) is 4.90 Å². The predicted octanol–water partition coefficient (Wildman–Crippen LogP) is -1.59. The minimum atomic E-state index is -1.61. The molecule has 0 atom stereocenters. The van der Waals surface area contributed by atoms with Crippen LogP contribution in [0.4, 0.5) is 4.79 Å². The number of carboxylic acid groups (broad SMARTS) is 1. The van der Waals surface area contributed by atoms with Gasteiger partial charge in [-0.2, -0.15) is 0 Å². The number of rotatable bonds is 1. The normalized spacial score (nSPS) is 15.4. The van der Waals surface area contributed by atoms with Crippen LogP contribution in [0.5, 0.6) is 0 Å². The summed E-state index contributed by atoms with van der Waals surface area (Å²) in [6.07, 6.45) is 0. The van der Waals surface area contributed by atoms with Gasteiger partial charge in [-0.05, 0) is 0 Å². The molecular weight excluding hydrogens is 214 g/mol. The van der Waals surface area contributed by atoms with E-state index in [2.05, 4.69) is 11.6 Å². The Kier molecular flexibility index (Phi) is 7.09. The average molecular weight is 225 g/mol. The van der Waals surface area contributed by atoms with Crippen LogP contribution < -0.4 is 5.11 Å². The second-order valence-corrected chi connectivity index (χ2v) is 2.70. The van der Waals surface area contributed by atoms with Crippen molar-refractivity contribution in [2.75, 3.05) is 32.9 Å². The van der Waals surface area contributed by atoms with Crippen molar-refractivity contribution < 1.29 is 24.5 Å². The summed E-state index contributed by atoms with van der Waals surface area (Å²) in [4.78, 5) is 21.0. The zero-order valence-electron chi connectivity index (χ0n) is 7.44. The summed E-state index contributed by atoms with van der Waals surface area (Å²) in [6, 6.07) is 0. The first kappa shape index (κ1) is 13.2. The quantitative estimate of drug-likeness (QED) is 0.542. The Morgan fingerprint density at radius 3 is 2.21 bits per heavy atom. The van der Waals surface area contributed by atoms with Crippen molar-refractivity contribution in [1.29, 1.82) is 0 Å². The van der Waals surface area contributed by atoms with E-state index in [-0.39, 0.29) is 12.5 Å². The molecular formula is C7H11ClNO5-. The van der Waals surface area contributed by atoms with E-state index in [1.165, 1.54) is 0 Å². The summed E-state index contributed by atoms with van der Waals surface area (Å²) in [7, 11) is 0. The lowest BCUT2D eigenvalue weighted by molar-refractivity contribution is -0.233. The van der Waals surface area contributed by atoms with Gasteiger partial charge in [-0.15, -0.1) is 0 Å². The molecule has 1 saturated heterocycles. The molecule has 1 heterocycles. The number of carbonyl (C=O) groups is 2. The zero-order valence-corrected chi connectivity index (χ0v) is 8.20. The monoisotopic (exact) mass is 224 g/mol. The van der Waals surface area contributed by atoms with Crippen molar-refractivity contribution in [2.45, 2.75) is 0 Å². The maximum absolute atomic E-state index is 10.8. The van der Waals surface area contributed by atoms with Crippen LogP contribution in [0.1, 0.15) is 0 Å². The maximum atomic E-state index is 10.8. The van der Waals surface area contributed by atoms with Crippen LogP contribution >= 0.6 is 11.6 Å². The molecule has 6 nitrogen and oxygen atoms in total. The first-order valence-corrected chi connectivity index (χ1v) is 4.28. The minimum absolute atomic E-state index is 0.205. The molecule has 1 rings (SSSR count). The van der Waals surface area contributed by atoms with Gasteiger partial charge < -0.3 is 24.6 Å². The lowest BCUT2D eigenvalue weighted by atomic mass is 10.4. The first-order chi connectivity index (χ1) is 6.57. The zero-order chi connectivity index (χ0) is 11.0. The number of aliphatic hydroxyl groups excluding tert-OH is 1. The van der Waals surface area contributed by atoms with E-state index in [0.29, 0.717) is 26.3 Å². The van der Waals surface area contributed by atoms with Crippen LogP contribution in [0.2, 0.25) is 0 Å². The molecule has 82 valence electrons. The van der Waals surface area contributed by atoms with Crippen LogP contribution in [0.15, 0.2) is 0 Å². The number of carbonyl (C=O) groups excluding carboxylic acids is 2. The molecule has 0 spiro atoms. The summed E-state index contributed by atoms with van der Waals surface area (Å²) in [5, 5.41) is 17.1. The summed E-state index contributed by atoms with van der Waals surface area (Å²) in [6.45, 7) is 2.01.